The average Bonchev–Trinajstić information content (AvgIpc) is 2.61. The van der Waals surface area contributed by atoms with Crippen molar-refractivity contribution < 1.29 is 15.1 Å². The van der Waals surface area contributed by atoms with Crippen molar-refractivity contribution in [3.05, 3.63) is 76.8 Å². The van der Waals surface area contributed by atoms with Gasteiger partial charge < -0.3 is 10.2 Å². The van der Waals surface area contributed by atoms with Crippen molar-refractivity contribution in [2.45, 2.75) is 0 Å². The minimum Gasteiger partial charge on any atom is -0.508 e. The van der Waals surface area contributed by atoms with Gasteiger partial charge >= 0.3 is 0 Å². The van der Waals surface area contributed by atoms with Crippen LogP contribution in [-0.4, -0.2) is 15.1 Å². The molecule has 0 aliphatic carbocycles. The van der Waals surface area contributed by atoms with E-state index in [1.165, 1.54) is 30.3 Å². The number of phenolic OH excluding ortho intramolecular Hbond substituents is 2. The largest absolute Gasteiger partial charge is 0.508 e. The molecule has 3 rings (SSSR count). The molecule has 2 N–H and O–H groups in total. The van der Waals surface area contributed by atoms with E-state index in [1.807, 2.05) is 6.07 Å². The van der Waals surface area contributed by atoms with Crippen LogP contribution in [0.5, 0.6) is 11.5 Å². The predicted molar refractivity (Wildman–Crippen MR) is 92.5 cm³/mol. The number of aromatic hydroxyl groups is 2. The smallest absolute Gasteiger partial charge is 0.297 e. The second-order valence-corrected chi connectivity index (χ2v) is 5.20. The van der Waals surface area contributed by atoms with Crippen LogP contribution in [0.4, 0.5) is 17.1 Å². The van der Waals surface area contributed by atoms with E-state index in [1.54, 1.807) is 30.3 Å². The first-order chi connectivity index (χ1) is 12.0. The molecule has 0 atom stereocenters. The highest BCUT2D eigenvalue weighted by Crippen LogP contribution is 2.37. The van der Waals surface area contributed by atoms with Crippen molar-refractivity contribution in [3.63, 3.8) is 0 Å². The topological polar surface area (TPSA) is 108 Å². The summed E-state index contributed by atoms with van der Waals surface area (Å²) in [6.07, 6.45) is 0. The minimum atomic E-state index is -0.555. The van der Waals surface area contributed by atoms with Gasteiger partial charge in [0.2, 0.25) is 0 Å². The first-order valence-corrected chi connectivity index (χ1v) is 7.32. The van der Waals surface area contributed by atoms with Gasteiger partial charge in [0.05, 0.1) is 10.6 Å². The molecule has 0 bridgehead atoms. The monoisotopic (exact) mass is 335 g/mol. The number of hydrogen-bond acceptors (Lipinski definition) is 6. The van der Waals surface area contributed by atoms with Crippen molar-refractivity contribution in [2.75, 3.05) is 0 Å². The number of nitro benzene ring substituents is 1. The van der Waals surface area contributed by atoms with Gasteiger partial charge in [-0.05, 0) is 35.9 Å². The predicted octanol–water partition coefficient (Wildman–Crippen LogP) is 5.09. The zero-order valence-corrected chi connectivity index (χ0v) is 12.9. The third-order valence-corrected chi connectivity index (χ3v) is 3.49. The standard InChI is InChI=1S/C18H13N3O4/c22-14-7-8-15(18(23)11-14)12-6-9-16(17(10-12)21(24)25)20-19-13-4-2-1-3-5-13/h1-11,22-23H/b20-19+. The summed E-state index contributed by atoms with van der Waals surface area (Å²) in [6, 6.07) is 17.3. The van der Waals surface area contributed by atoms with Gasteiger partial charge in [-0.2, -0.15) is 5.11 Å². The second kappa shape index (κ2) is 6.79. The number of nitrogens with zero attached hydrogens (tertiary/aromatic N) is 3. The van der Waals surface area contributed by atoms with Gasteiger partial charge in [0.1, 0.15) is 11.5 Å². The van der Waals surface area contributed by atoms with Crippen molar-refractivity contribution in [2.24, 2.45) is 10.2 Å². The molecule has 0 saturated carbocycles. The van der Waals surface area contributed by atoms with Crippen molar-refractivity contribution in [1.29, 1.82) is 0 Å². The summed E-state index contributed by atoms with van der Waals surface area (Å²) in [5, 5.41) is 38.6. The Balaban J connectivity index is 2.01. The van der Waals surface area contributed by atoms with Gasteiger partial charge in [0.25, 0.3) is 5.69 Å². The van der Waals surface area contributed by atoms with Gasteiger partial charge in [0, 0.05) is 17.7 Å². The quantitative estimate of drug-likeness (QED) is 0.393. The SMILES string of the molecule is O=[N+]([O-])c1cc(-c2ccc(O)cc2O)ccc1/N=N/c1ccccc1. The Morgan fingerprint density at radius 1 is 0.880 bits per heavy atom. The van der Waals surface area contributed by atoms with Crippen LogP contribution in [0.1, 0.15) is 0 Å². The summed E-state index contributed by atoms with van der Waals surface area (Å²) in [6.45, 7) is 0. The summed E-state index contributed by atoms with van der Waals surface area (Å²) in [5.41, 5.74) is 1.26. The fourth-order valence-electron chi connectivity index (χ4n) is 2.29. The molecule has 0 unspecified atom stereocenters. The van der Waals surface area contributed by atoms with Crippen molar-refractivity contribution >= 4 is 17.1 Å². The van der Waals surface area contributed by atoms with E-state index < -0.39 is 4.92 Å². The maximum Gasteiger partial charge on any atom is 0.297 e. The fraction of sp³-hybridized carbons (Fsp3) is 0. The van der Waals surface area contributed by atoms with E-state index in [0.29, 0.717) is 16.8 Å². The molecule has 3 aromatic carbocycles. The maximum absolute atomic E-state index is 11.4. The van der Waals surface area contributed by atoms with Crippen LogP contribution in [0.15, 0.2) is 77.0 Å². The molecule has 3 aromatic rings. The first-order valence-electron chi connectivity index (χ1n) is 7.32. The molecule has 124 valence electrons. The fourth-order valence-corrected chi connectivity index (χ4v) is 2.29. The van der Waals surface area contributed by atoms with Crippen LogP contribution < -0.4 is 0 Å². The summed E-state index contributed by atoms with van der Waals surface area (Å²) in [4.78, 5) is 10.8. The van der Waals surface area contributed by atoms with E-state index >= 15 is 0 Å². The number of hydrogen-bond donors (Lipinski definition) is 2. The zero-order valence-electron chi connectivity index (χ0n) is 12.9. The molecule has 0 amide bonds. The molecule has 0 fully saturated rings. The molecule has 0 aliphatic heterocycles. The third-order valence-electron chi connectivity index (χ3n) is 3.49. The van der Waals surface area contributed by atoms with E-state index in [9.17, 15) is 20.3 Å². The van der Waals surface area contributed by atoms with Gasteiger partial charge in [-0.1, -0.05) is 24.3 Å². The summed E-state index contributed by atoms with van der Waals surface area (Å²) in [5.74, 6) is -0.267. The van der Waals surface area contributed by atoms with Crippen molar-refractivity contribution in [3.8, 4) is 22.6 Å². The molecule has 0 radical (unpaired) electrons. The van der Waals surface area contributed by atoms with E-state index in [4.69, 9.17) is 0 Å². The first kappa shape index (κ1) is 16.1. The van der Waals surface area contributed by atoms with E-state index in [-0.39, 0.29) is 22.9 Å². The van der Waals surface area contributed by atoms with Crippen LogP contribution >= 0.6 is 0 Å². The molecule has 0 aromatic heterocycles. The molecule has 0 spiro atoms. The highest BCUT2D eigenvalue weighted by molar-refractivity contribution is 5.76. The Bertz CT molecular complexity index is 956. The lowest BCUT2D eigenvalue weighted by Gasteiger charge is -2.06. The number of benzene rings is 3. The van der Waals surface area contributed by atoms with E-state index in [0.717, 1.165) is 0 Å². The van der Waals surface area contributed by atoms with Gasteiger partial charge in [-0.15, -0.1) is 5.11 Å². The summed E-state index contributed by atoms with van der Waals surface area (Å²) < 4.78 is 0. The Labute approximate surface area is 142 Å². The Morgan fingerprint density at radius 2 is 1.64 bits per heavy atom. The van der Waals surface area contributed by atoms with Crippen LogP contribution in [0.3, 0.4) is 0 Å². The Morgan fingerprint density at radius 3 is 2.32 bits per heavy atom. The molecule has 0 saturated heterocycles. The number of phenols is 2. The normalized spacial score (nSPS) is 10.9. The van der Waals surface area contributed by atoms with Crippen LogP contribution in [0.2, 0.25) is 0 Å². The lowest BCUT2D eigenvalue weighted by molar-refractivity contribution is -0.384. The lowest BCUT2D eigenvalue weighted by Crippen LogP contribution is -1.90. The molecule has 0 heterocycles. The second-order valence-electron chi connectivity index (χ2n) is 5.20. The average molecular weight is 335 g/mol. The lowest BCUT2D eigenvalue weighted by atomic mass is 10.0. The van der Waals surface area contributed by atoms with Crippen LogP contribution in [0.25, 0.3) is 11.1 Å². The van der Waals surface area contributed by atoms with Gasteiger partial charge in [-0.25, -0.2) is 0 Å². The number of rotatable bonds is 4. The highest BCUT2D eigenvalue weighted by atomic mass is 16.6. The van der Waals surface area contributed by atoms with Crippen LogP contribution in [0, 0.1) is 10.1 Å². The molecule has 0 aliphatic rings. The number of nitro groups is 1. The molecule has 25 heavy (non-hydrogen) atoms. The Hall–Kier alpha value is -3.74. The molecular weight excluding hydrogens is 322 g/mol. The molecule has 7 heteroatoms. The third kappa shape index (κ3) is 3.61. The maximum atomic E-state index is 11.4. The highest BCUT2D eigenvalue weighted by Gasteiger charge is 2.16. The van der Waals surface area contributed by atoms with Gasteiger partial charge in [-0.3, -0.25) is 10.1 Å². The van der Waals surface area contributed by atoms with E-state index in [2.05, 4.69) is 10.2 Å². The number of azo groups is 1. The van der Waals surface area contributed by atoms with Gasteiger partial charge in [0.15, 0.2) is 5.69 Å². The zero-order chi connectivity index (χ0) is 17.8. The van der Waals surface area contributed by atoms with Crippen molar-refractivity contribution in [1.82, 2.24) is 0 Å². The van der Waals surface area contributed by atoms with Crippen LogP contribution in [-0.2, 0) is 0 Å². The molecule has 7 nitrogen and oxygen atoms in total. The molecular formula is C18H13N3O4. The minimum absolute atomic E-state index is 0.0935. The Kier molecular flexibility index (Phi) is 4.38. The summed E-state index contributed by atoms with van der Waals surface area (Å²) >= 11 is 0. The summed E-state index contributed by atoms with van der Waals surface area (Å²) in [7, 11) is 0.